The molecule has 146 valence electrons. The summed E-state index contributed by atoms with van der Waals surface area (Å²) in [7, 11) is 0. The average molecular weight is 379 g/mol. The fourth-order valence-corrected chi connectivity index (χ4v) is 3.90. The van der Waals surface area contributed by atoms with Crippen molar-refractivity contribution in [3.05, 3.63) is 65.7 Å². The Labute approximate surface area is 165 Å². The quantitative estimate of drug-likeness (QED) is 0.838. The topological polar surface area (TPSA) is 61.9 Å². The first kappa shape index (κ1) is 18.5. The van der Waals surface area contributed by atoms with Crippen LogP contribution >= 0.6 is 0 Å². The van der Waals surface area contributed by atoms with Crippen molar-refractivity contribution in [1.29, 1.82) is 0 Å². The van der Waals surface area contributed by atoms with Crippen molar-refractivity contribution in [2.24, 2.45) is 0 Å². The highest BCUT2D eigenvalue weighted by Crippen LogP contribution is 2.22. The smallest absolute Gasteiger partial charge is 0.414 e. The average Bonchev–Trinajstić information content (AvgIpc) is 3.36. The van der Waals surface area contributed by atoms with Gasteiger partial charge in [-0.1, -0.05) is 42.5 Å². The van der Waals surface area contributed by atoms with Crippen molar-refractivity contribution < 1.29 is 14.3 Å². The molecule has 0 spiro atoms. The monoisotopic (exact) mass is 379 g/mol. The Morgan fingerprint density at radius 1 is 1.07 bits per heavy atom. The molecule has 2 aliphatic heterocycles. The minimum atomic E-state index is -0.316. The van der Waals surface area contributed by atoms with E-state index in [9.17, 15) is 9.59 Å². The molecular weight excluding hydrogens is 354 g/mol. The summed E-state index contributed by atoms with van der Waals surface area (Å²) in [5.74, 6) is 0.0689. The summed E-state index contributed by atoms with van der Waals surface area (Å²) < 4.78 is 5.00. The molecule has 28 heavy (non-hydrogen) atoms. The van der Waals surface area contributed by atoms with Gasteiger partial charge in [-0.25, -0.2) is 4.79 Å². The molecule has 0 aromatic heterocycles. The molecule has 4 rings (SSSR count). The van der Waals surface area contributed by atoms with Gasteiger partial charge in [-0.3, -0.25) is 14.6 Å². The van der Waals surface area contributed by atoms with E-state index in [0.717, 1.165) is 37.2 Å². The van der Waals surface area contributed by atoms with Gasteiger partial charge < -0.3 is 10.1 Å². The third-order valence-electron chi connectivity index (χ3n) is 5.34. The molecule has 2 aliphatic rings. The maximum absolute atomic E-state index is 12.8. The van der Waals surface area contributed by atoms with Crippen LogP contribution in [0.3, 0.4) is 0 Å². The first-order chi connectivity index (χ1) is 13.7. The van der Waals surface area contributed by atoms with Gasteiger partial charge in [0.15, 0.2) is 0 Å². The number of ether oxygens (including phenoxy) is 1. The van der Waals surface area contributed by atoms with Gasteiger partial charge in [0, 0.05) is 18.8 Å². The number of hydrogen-bond donors (Lipinski definition) is 1. The van der Waals surface area contributed by atoms with E-state index >= 15 is 0 Å². The van der Waals surface area contributed by atoms with Crippen LogP contribution in [0.25, 0.3) is 0 Å². The largest absolute Gasteiger partial charge is 0.447 e. The molecule has 2 amide bonds. The molecule has 6 nitrogen and oxygen atoms in total. The summed E-state index contributed by atoms with van der Waals surface area (Å²) in [6.07, 6.45) is 1.61. The van der Waals surface area contributed by atoms with E-state index in [1.807, 2.05) is 42.5 Å². The molecule has 2 fully saturated rings. The number of carbonyl (C=O) groups is 2. The summed E-state index contributed by atoms with van der Waals surface area (Å²) in [6.45, 7) is 3.17. The fourth-order valence-electron chi connectivity index (χ4n) is 3.90. The molecule has 2 saturated heterocycles. The Balaban J connectivity index is 1.35. The number of amides is 2. The zero-order valence-electron chi connectivity index (χ0n) is 15.8. The molecule has 1 atom stereocenters. The standard InChI is InChI=1S/C22H25N3O3/c26-21(20-10-5-11-24(20)16-17-6-2-1-3-7-17)23-15-18-8-4-9-19(14-18)25-12-13-28-22(25)27/h1-4,6-9,14,20H,5,10-13,15-16H2,(H,23,26)/t20-/m1/s1. The van der Waals surface area contributed by atoms with Crippen LogP contribution in [-0.2, 0) is 22.6 Å². The van der Waals surface area contributed by atoms with Crippen molar-refractivity contribution in [1.82, 2.24) is 10.2 Å². The van der Waals surface area contributed by atoms with Crippen LogP contribution in [0.15, 0.2) is 54.6 Å². The highest BCUT2D eigenvalue weighted by Gasteiger charge is 2.30. The van der Waals surface area contributed by atoms with E-state index in [-0.39, 0.29) is 18.0 Å². The number of carbonyl (C=O) groups excluding carboxylic acids is 2. The van der Waals surface area contributed by atoms with Crippen LogP contribution in [0.5, 0.6) is 0 Å². The summed E-state index contributed by atoms with van der Waals surface area (Å²) in [6, 6.07) is 17.9. The van der Waals surface area contributed by atoms with Crippen LogP contribution in [0.1, 0.15) is 24.0 Å². The second-order valence-electron chi connectivity index (χ2n) is 7.27. The van der Waals surface area contributed by atoms with Gasteiger partial charge in [-0.15, -0.1) is 0 Å². The Kier molecular flexibility index (Phi) is 5.58. The molecule has 2 aromatic rings. The van der Waals surface area contributed by atoms with Crippen molar-refractivity contribution in [3.63, 3.8) is 0 Å². The van der Waals surface area contributed by atoms with E-state index < -0.39 is 0 Å². The number of nitrogens with zero attached hydrogens (tertiary/aromatic N) is 2. The van der Waals surface area contributed by atoms with E-state index in [1.54, 1.807) is 4.90 Å². The minimum Gasteiger partial charge on any atom is -0.447 e. The van der Waals surface area contributed by atoms with Gasteiger partial charge in [0.05, 0.1) is 12.6 Å². The van der Waals surface area contributed by atoms with Gasteiger partial charge in [-0.2, -0.15) is 0 Å². The highest BCUT2D eigenvalue weighted by molar-refractivity contribution is 5.89. The number of anilines is 1. The van der Waals surface area contributed by atoms with E-state index in [2.05, 4.69) is 22.3 Å². The second-order valence-corrected chi connectivity index (χ2v) is 7.27. The molecular formula is C22H25N3O3. The lowest BCUT2D eigenvalue weighted by Crippen LogP contribution is -2.42. The zero-order chi connectivity index (χ0) is 19.3. The van der Waals surface area contributed by atoms with Gasteiger partial charge in [0.25, 0.3) is 0 Å². The van der Waals surface area contributed by atoms with Gasteiger partial charge in [-0.05, 0) is 42.6 Å². The van der Waals surface area contributed by atoms with E-state index in [4.69, 9.17) is 4.74 Å². The third kappa shape index (κ3) is 4.17. The molecule has 2 aromatic carbocycles. The number of rotatable bonds is 6. The molecule has 0 bridgehead atoms. The van der Waals surface area contributed by atoms with Crippen LogP contribution in [-0.4, -0.2) is 42.6 Å². The predicted molar refractivity (Wildman–Crippen MR) is 107 cm³/mol. The second kappa shape index (κ2) is 8.44. The number of nitrogens with one attached hydrogen (secondary N) is 1. The number of benzene rings is 2. The van der Waals surface area contributed by atoms with Crippen LogP contribution in [0, 0.1) is 0 Å². The lowest BCUT2D eigenvalue weighted by atomic mass is 10.1. The number of hydrogen-bond acceptors (Lipinski definition) is 4. The Morgan fingerprint density at radius 3 is 2.68 bits per heavy atom. The minimum absolute atomic E-state index is 0.0689. The Bertz CT molecular complexity index is 840. The van der Waals surface area contributed by atoms with Gasteiger partial charge in [0.1, 0.15) is 6.61 Å². The highest BCUT2D eigenvalue weighted by atomic mass is 16.6. The number of cyclic esters (lactones) is 1. The molecule has 1 N–H and O–H groups in total. The first-order valence-corrected chi connectivity index (χ1v) is 9.79. The third-order valence-corrected chi connectivity index (χ3v) is 5.34. The summed E-state index contributed by atoms with van der Waals surface area (Å²) in [5.41, 5.74) is 3.01. The van der Waals surface area contributed by atoms with E-state index in [1.165, 1.54) is 5.56 Å². The van der Waals surface area contributed by atoms with Crippen LogP contribution in [0.4, 0.5) is 10.5 Å². The molecule has 6 heteroatoms. The van der Waals surface area contributed by atoms with Crippen LogP contribution in [0.2, 0.25) is 0 Å². The van der Waals surface area contributed by atoms with Crippen molar-refractivity contribution in [2.45, 2.75) is 32.0 Å². The van der Waals surface area contributed by atoms with Crippen molar-refractivity contribution in [2.75, 3.05) is 24.6 Å². The lowest BCUT2D eigenvalue weighted by molar-refractivity contribution is -0.125. The first-order valence-electron chi connectivity index (χ1n) is 9.79. The summed E-state index contributed by atoms with van der Waals surface area (Å²) in [4.78, 5) is 28.4. The summed E-state index contributed by atoms with van der Waals surface area (Å²) in [5, 5.41) is 3.07. The van der Waals surface area contributed by atoms with Gasteiger partial charge in [0.2, 0.25) is 5.91 Å². The van der Waals surface area contributed by atoms with Gasteiger partial charge >= 0.3 is 6.09 Å². The normalized spacial score (nSPS) is 19.6. The van der Waals surface area contributed by atoms with Crippen LogP contribution < -0.4 is 10.2 Å². The molecule has 2 heterocycles. The SMILES string of the molecule is O=C(NCc1cccc(N2CCOC2=O)c1)[C@H]1CCCN1Cc1ccccc1. The maximum atomic E-state index is 12.8. The Hall–Kier alpha value is -2.86. The molecule has 0 radical (unpaired) electrons. The summed E-state index contributed by atoms with van der Waals surface area (Å²) >= 11 is 0. The lowest BCUT2D eigenvalue weighted by Gasteiger charge is -2.24. The predicted octanol–water partition coefficient (Wildman–Crippen LogP) is 2.92. The number of likely N-dealkylation sites (tertiary alicyclic amines) is 1. The molecule has 0 aliphatic carbocycles. The fraction of sp³-hybridized carbons (Fsp3) is 0.364. The molecule has 0 saturated carbocycles. The van der Waals surface area contributed by atoms with E-state index in [0.29, 0.717) is 19.7 Å². The Morgan fingerprint density at radius 2 is 1.89 bits per heavy atom. The van der Waals surface area contributed by atoms with Crippen molar-refractivity contribution >= 4 is 17.7 Å². The molecule has 0 unspecified atom stereocenters. The zero-order valence-corrected chi connectivity index (χ0v) is 15.8. The maximum Gasteiger partial charge on any atom is 0.414 e. The van der Waals surface area contributed by atoms with Crippen molar-refractivity contribution in [3.8, 4) is 0 Å².